The van der Waals surface area contributed by atoms with E-state index >= 15 is 0 Å². The molecule has 3 atom stereocenters. The molecular weight excluding hydrogens is 582 g/mol. The van der Waals surface area contributed by atoms with E-state index in [2.05, 4.69) is 15.5 Å². The van der Waals surface area contributed by atoms with E-state index in [-0.39, 0.29) is 36.0 Å². The summed E-state index contributed by atoms with van der Waals surface area (Å²) in [5, 5.41) is 17.1. The monoisotopic (exact) mass is 619 g/mol. The summed E-state index contributed by atoms with van der Waals surface area (Å²) in [6, 6.07) is 16.6. The molecule has 0 bridgehead atoms. The maximum atomic E-state index is 13.4. The van der Waals surface area contributed by atoms with Crippen molar-refractivity contribution in [1.82, 2.24) is 15.1 Å². The zero-order chi connectivity index (χ0) is 31.2. The summed E-state index contributed by atoms with van der Waals surface area (Å²) in [5.41, 5.74) is 1.93. The van der Waals surface area contributed by atoms with E-state index in [1.54, 1.807) is 48.5 Å². The van der Waals surface area contributed by atoms with Gasteiger partial charge >= 0.3 is 12.0 Å². The van der Waals surface area contributed by atoms with Crippen LogP contribution in [0.3, 0.4) is 0 Å². The fourth-order valence-electron chi connectivity index (χ4n) is 5.61. The third-order valence-corrected chi connectivity index (χ3v) is 8.92. The zero-order valence-electron chi connectivity index (χ0n) is 24.8. The number of carboxylic acids is 1. The summed E-state index contributed by atoms with van der Waals surface area (Å²) < 4.78 is 5.41. The average molecular weight is 620 g/mol. The number of benzene rings is 2. The molecule has 2 aromatic carbocycles. The summed E-state index contributed by atoms with van der Waals surface area (Å²) in [4.78, 5) is 58.2. The van der Waals surface area contributed by atoms with Crippen LogP contribution in [0.5, 0.6) is 0 Å². The summed E-state index contributed by atoms with van der Waals surface area (Å²) in [6.45, 7) is 7.26. The van der Waals surface area contributed by atoms with Gasteiger partial charge in [-0.3, -0.25) is 14.4 Å². The lowest BCUT2D eigenvalue weighted by Gasteiger charge is -2.47. The van der Waals surface area contributed by atoms with Crippen molar-refractivity contribution in [1.29, 1.82) is 0 Å². The van der Waals surface area contributed by atoms with Gasteiger partial charge in [-0.15, -0.1) is 11.3 Å². The molecule has 0 aliphatic carbocycles. The number of urea groups is 1. The Balaban J connectivity index is 1.41. The maximum absolute atomic E-state index is 13.4. The Hall–Kier alpha value is -4.42. The van der Waals surface area contributed by atoms with Crippen LogP contribution in [-0.2, 0) is 9.53 Å². The number of piperazine rings is 1. The second-order valence-corrected chi connectivity index (χ2v) is 12.1. The minimum atomic E-state index is -1.02. The molecule has 3 N–H and O–H groups in total. The molecule has 2 aliphatic rings. The fraction of sp³-hybridized carbons (Fsp3) is 0.375. The van der Waals surface area contributed by atoms with Gasteiger partial charge in [-0.2, -0.15) is 0 Å². The van der Waals surface area contributed by atoms with Gasteiger partial charge in [-0.25, -0.2) is 4.79 Å². The highest BCUT2D eigenvalue weighted by atomic mass is 32.1. The van der Waals surface area contributed by atoms with Crippen molar-refractivity contribution in [3.63, 3.8) is 0 Å². The molecule has 3 heterocycles. The molecule has 11 nitrogen and oxygen atoms in total. The minimum Gasteiger partial charge on any atom is -0.481 e. The van der Waals surface area contributed by atoms with Gasteiger partial charge in [0.15, 0.2) is 0 Å². The normalized spacial score (nSPS) is 19.3. The van der Waals surface area contributed by atoms with Crippen LogP contribution in [0.25, 0.3) is 0 Å². The van der Waals surface area contributed by atoms with E-state index in [0.717, 1.165) is 10.6 Å². The fourth-order valence-corrected chi connectivity index (χ4v) is 6.38. The molecular formula is C32H37N5O6S. The smallest absolute Gasteiger partial charge is 0.320 e. The van der Waals surface area contributed by atoms with Crippen molar-refractivity contribution < 1.29 is 29.0 Å². The number of nitrogens with one attached hydrogen (secondary N) is 2. The van der Waals surface area contributed by atoms with Crippen LogP contribution in [0, 0.1) is 0 Å². The Kier molecular flexibility index (Phi) is 9.81. The Morgan fingerprint density at radius 2 is 1.68 bits per heavy atom. The van der Waals surface area contributed by atoms with Crippen molar-refractivity contribution in [2.24, 2.45) is 0 Å². The molecule has 12 heteroatoms. The first kappa shape index (κ1) is 31.0. The van der Waals surface area contributed by atoms with Crippen molar-refractivity contribution in [3.05, 3.63) is 82.0 Å². The van der Waals surface area contributed by atoms with Crippen LogP contribution in [0.4, 0.5) is 16.2 Å². The van der Waals surface area contributed by atoms with Crippen LogP contribution in [0.15, 0.2) is 66.0 Å². The highest BCUT2D eigenvalue weighted by Gasteiger charge is 2.36. The number of carbonyl (C=O) groups is 4. The molecule has 3 aromatic rings. The number of rotatable bonds is 8. The number of carbonyl (C=O) groups excluding carboxylic acids is 3. The molecule has 232 valence electrons. The van der Waals surface area contributed by atoms with Gasteiger partial charge in [0.25, 0.3) is 11.8 Å². The van der Waals surface area contributed by atoms with Crippen LogP contribution in [-0.4, -0.2) is 90.2 Å². The van der Waals surface area contributed by atoms with Gasteiger partial charge in [-0.1, -0.05) is 24.3 Å². The Bertz CT molecular complexity index is 1480. The van der Waals surface area contributed by atoms with E-state index < -0.39 is 17.9 Å². The van der Waals surface area contributed by atoms with Crippen LogP contribution < -0.4 is 15.5 Å². The predicted octanol–water partition coefficient (Wildman–Crippen LogP) is 4.30. The SMILES string of the molecule is CC1CN(c2ccc(C(=O)NC(CC(=O)O)c3cccs3)cc2NC(=O)c2ccccc2)C(C)CN1C(=O)N1CCOCC1. The molecule has 3 unspecified atom stereocenters. The third-order valence-electron chi connectivity index (χ3n) is 7.94. The number of hydrogen-bond acceptors (Lipinski definition) is 7. The van der Waals surface area contributed by atoms with E-state index in [9.17, 15) is 24.3 Å². The second-order valence-electron chi connectivity index (χ2n) is 11.1. The van der Waals surface area contributed by atoms with Gasteiger partial charge in [0.2, 0.25) is 0 Å². The summed E-state index contributed by atoms with van der Waals surface area (Å²) in [7, 11) is 0. The number of anilines is 2. The third kappa shape index (κ3) is 7.20. The average Bonchev–Trinajstić information content (AvgIpc) is 3.57. The number of morpholine rings is 1. The molecule has 4 amide bonds. The van der Waals surface area contributed by atoms with Gasteiger partial charge in [0, 0.05) is 54.3 Å². The predicted molar refractivity (Wildman–Crippen MR) is 168 cm³/mol. The van der Waals surface area contributed by atoms with E-state index in [0.29, 0.717) is 50.6 Å². The first-order chi connectivity index (χ1) is 21.2. The Labute approximate surface area is 260 Å². The van der Waals surface area contributed by atoms with Crippen LogP contribution in [0.2, 0.25) is 0 Å². The molecule has 2 fully saturated rings. The molecule has 2 saturated heterocycles. The number of nitrogens with zero attached hydrogens (tertiary/aromatic N) is 3. The van der Waals surface area contributed by atoms with Gasteiger partial charge in [0.05, 0.1) is 37.1 Å². The number of thiophene rings is 1. The lowest BCUT2D eigenvalue weighted by Crippen LogP contribution is -2.61. The first-order valence-electron chi connectivity index (χ1n) is 14.7. The molecule has 5 rings (SSSR count). The second kappa shape index (κ2) is 13.9. The number of aliphatic carboxylic acids is 1. The molecule has 0 radical (unpaired) electrons. The topological polar surface area (TPSA) is 132 Å². The quantitative estimate of drug-likeness (QED) is 0.343. The van der Waals surface area contributed by atoms with Gasteiger partial charge < -0.3 is 35.2 Å². The number of amides is 4. The highest BCUT2D eigenvalue weighted by Crippen LogP contribution is 2.33. The molecule has 1 aromatic heterocycles. The Morgan fingerprint density at radius 1 is 0.932 bits per heavy atom. The molecule has 0 saturated carbocycles. The van der Waals surface area contributed by atoms with E-state index in [1.807, 2.05) is 41.2 Å². The van der Waals surface area contributed by atoms with Crippen molar-refractivity contribution in [2.45, 2.75) is 38.4 Å². The summed E-state index contributed by atoms with van der Waals surface area (Å²) in [6.07, 6.45) is -0.259. The molecule has 44 heavy (non-hydrogen) atoms. The van der Waals surface area contributed by atoms with Gasteiger partial charge in [-0.05, 0) is 55.6 Å². The maximum Gasteiger partial charge on any atom is 0.320 e. The first-order valence-corrected chi connectivity index (χ1v) is 15.6. The largest absolute Gasteiger partial charge is 0.481 e. The Morgan fingerprint density at radius 3 is 2.36 bits per heavy atom. The van der Waals surface area contributed by atoms with Crippen molar-refractivity contribution in [2.75, 3.05) is 49.6 Å². The van der Waals surface area contributed by atoms with E-state index in [4.69, 9.17) is 4.74 Å². The lowest BCUT2D eigenvalue weighted by molar-refractivity contribution is -0.137. The van der Waals surface area contributed by atoms with Crippen LogP contribution >= 0.6 is 11.3 Å². The minimum absolute atomic E-state index is 0.00132. The molecule has 0 spiro atoms. The number of ether oxygens (including phenoxy) is 1. The lowest BCUT2D eigenvalue weighted by atomic mass is 10.0. The van der Waals surface area contributed by atoms with Crippen molar-refractivity contribution >= 4 is 46.5 Å². The van der Waals surface area contributed by atoms with Crippen LogP contribution in [0.1, 0.15) is 51.9 Å². The number of hydrogen-bond donors (Lipinski definition) is 3. The standard InChI is InChI=1S/C32H37N5O6S/c1-21-20-37(32(42)35-12-14-43-15-13-35)22(2)19-36(21)27-11-10-24(17-25(27)33-30(40)23-7-4-3-5-8-23)31(41)34-26(18-29(38)39)28-9-6-16-44-28/h3-11,16-17,21-22,26H,12-15,18-20H2,1-2H3,(H,33,40)(H,34,41)(H,38,39). The number of carboxylic acid groups (broad SMARTS) is 1. The molecule has 2 aliphatic heterocycles. The summed E-state index contributed by atoms with van der Waals surface area (Å²) >= 11 is 1.37. The highest BCUT2D eigenvalue weighted by molar-refractivity contribution is 7.10. The zero-order valence-corrected chi connectivity index (χ0v) is 25.6. The summed E-state index contributed by atoms with van der Waals surface area (Å²) in [5.74, 6) is -1.80. The van der Waals surface area contributed by atoms with Crippen molar-refractivity contribution in [3.8, 4) is 0 Å². The van der Waals surface area contributed by atoms with Gasteiger partial charge in [0.1, 0.15) is 0 Å². The van der Waals surface area contributed by atoms with E-state index in [1.165, 1.54) is 11.3 Å².